The lowest BCUT2D eigenvalue weighted by molar-refractivity contribution is 0.00578. The first kappa shape index (κ1) is 17.6. The minimum atomic E-state index is -0.697. The predicted molar refractivity (Wildman–Crippen MR) is 93.1 cm³/mol. The Hall–Kier alpha value is -2.19. The monoisotopic (exact) mass is 344 g/mol. The molecule has 25 heavy (non-hydrogen) atoms. The molecule has 1 saturated heterocycles. The summed E-state index contributed by atoms with van der Waals surface area (Å²) in [5.74, 6) is -0.745. The van der Waals surface area contributed by atoms with Gasteiger partial charge in [-0.1, -0.05) is 6.07 Å². The number of hydrogen-bond acceptors (Lipinski definition) is 6. The van der Waals surface area contributed by atoms with Gasteiger partial charge in [0.15, 0.2) is 0 Å². The zero-order chi connectivity index (χ0) is 18.6. The summed E-state index contributed by atoms with van der Waals surface area (Å²) in [5, 5.41) is 5.09. The first-order valence-electron chi connectivity index (χ1n) is 8.05. The number of carbonyl (C=O) groups is 2. The maximum atomic E-state index is 12.0. The van der Waals surface area contributed by atoms with Gasteiger partial charge < -0.3 is 14.0 Å². The summed E-state index contributed by atoms with van der Waals surface area (Å²) in [6.07, 6.45) is 0. The number of carbonyl (C=O) groups excluding carboxylic acids is 2. The lowest BCUT2D eigenvalue weighted by Crippen LogP contribution is -2.41. The summed E-state index contributed by atoms with van der Waals surface area (Å²) < 4.78 is 18.1. The molecule has 0 bridgehead atoms. The van der Waals surface area contributed by atoms with E-state index in [9.17, 15) is 9.59 Å². The molecule has 1 aliphatic rings. The summed E-state index contributed by atoms with van der Waals surface area (Å²) >= 11 is 0. The number of ether oxygens (including phenoxy) is 1. The molecule has 0 spiro atoms. The number of benzene rings is 1. The third-order valence-electron chi connectivity index (χ3n) is 4.91. The SMILES string of the molecule is COC(=O)c1ccc2c(B3OC(C)(C)C(C)(C)O3)nn(C(C)=O)c2c1. The molecular formula is C17H21BN2O5. The summed E-state index contributed by atoms with van der Waals surface area (Å²) in [6.45, 7) is 9.21. The van der Waals surface area contributed by atoms with Gasteiger partial charge >= 0.3 is 13.1 Å². The van der Waals surface area contributed by atoms with Crippen LogP contribution < -0.4 is 5.59 Å². The van der Waals surface area contributed by atoms with Gasteiger partial charge in [-0.3, -0.25) is 4.79 Å². The van der Waals surface area contributed by atoms with Crippen LogP contribution in [0.5, 0.6) is 0 Å². The van der Waals surface area contributed by atoms with Crippen molar-refractivity contribution in [3.05, 3.63) is 23.8 Å². The molecule has 1 aromatic heterocycles. The largest absolute Gasteiger partial charge is 0.517 e. The number of hydrogen-bond donors (Lipinski definition) is 0. The van der Waals surface area contributed by atoms with E-state index in [1.807, 2.05) is 27.7 Å². The van der Waals surface area contributed by atoms with Crippen molar-refractivity contribution in [1.29, 1.82) is 0 Å². The van der Waals surface area contributed by atoms with E-state index in [0.717, 1.165) is 0 Å². The minimum absolute atomic E-state index is 0.269. The van der Waals surface area contributed by atoms with Gasteiger partial charge in [-0.25, -0.2) is 9.48 Å². The van der Waals surface area contributed by atoms with Crippen molar-refractivity contribution >= 4 is 35.5 Å². The third-order valence-corrected chi connectivity index (χ3v) is 4.91. The van der Waals surface area contributed by atoms with E-state index in [0.29, 0.717) is 22.1 Å². The fraction of sp³-hybridized carbons (Fsp3) is 0.471. The average Bonchev–Trinajstić information content (AvgIpc) is 3.00. The molecule has 0 aliphatic carbocycles. The second kappa shape index (κ2) is 5.67. The highest BCUT2D eigenvalue weighted by atomic mass is 16.7. The first-order chi connectivity index (χ1) is 11.6. The maximum Gasteiger partial charge on any atom is 0.517 e. The molecule has 1 aliphatic heterocycles. The predicted octanol–water partition coefficient (Wildman–Crippen LogP) is 1.78. The molecule has 0 atom stereocenters. The maximum absolute atomic E-state index is 12.0. The molecule has 132 valence electrons. The second-order valence-electron chi connectivity index (χ2n) is 7.13. The van der Waals surface area contributed by atoms with Gasteiger partial charge in [0.1, 0.15) is 5.59 Å². The molecule has 0 radical (unpaired) electrons. The molecule has 3 rings (SSSR count). The summed E-state index contributed by atoms with van der Waals surface area (Å²) in [7, 11) is 0.613. The van der Waals surface area contributed by atoms with Gasteiger partial charge in [0.25, 0.3) is 0 Å². The normalized spacial score (nSPS) is 18.6. The van der Waals surface area contributed by atoms with Crippen LogP contribution in [0.2, 0.25) is 0 Å². The molecular weight excluding hydrogens is 323 g/mol. The van der Waals surface area contributed by atoms with Crippen LogP contribution in [-0.4, -0.2) is 47.1 Å². The van der Waals surface area contributed by atoms with E-state index in [4.69, 9.17) is 14.0 Å². The van der Waals surface area contributed by atoms with Crippen molar-refractivity contribution in [2.45, 2.75) is 45.8 Å². The van der Waals surface area contributed by atoms with Crippen LogP contribution >= 0.6 is 0 Å². The summed E-state index contributed by atoms with van der Waals surface area (Å²) in [6, 6.07) is 4.95. The fourth-order valence-corrected chi connectivity index (χ4v) is 2.75. The average molecular weight is 344 g/mol. The highest BCUT2D eigenvalue weighted by Crippen LogP contribution is 2.37. The molecule has 7 nitrogen and oxygen atoms in total. The molecule has 1 fully saturated rings. The van der Waals surface area contributed by atoms with Crippen LogP contribution in [0, 0.1) is 0 Å². The molecule has 2 heterocycles. The second-order valence-corrected chi connectivity index (χ2v) is 7.13. The van der Waals surface area contributed by atoms with Crippen molar-refractivity contribution in [2.24, 2.45) is 0 Å². The molecule has 2 aromatic rings. The third kappa shape index (κ3) is 2.75. The molecule has 1 aromatic carbocycles. The van der Waals surface area contributed by atoms with Gasteiger partial charge in [0.05, 0.1) is 29.4 Å². The number of rotatable bonds is 2. The van der Waals surface area contributed by atoms with Crippen LogP contribution in [0.15, 0.2) is 18.2 Å². The highest BCUT2D eigenvalue weighted by molar-refractivity contribution is 6.64. The molecule has 0 saturated carbocycles. The number of esters is 1. The van der Waals surface area contributed by atoms with Gasteiger partial charge in [0, 0.05) is 12.3 Å². The number of nitrogens with zero attached hydrogens (tertiary/aromatic N) is 2. The Labute approximate surface area is 146 Å². The lowest BCUT2D eigenvalue weighted by Gasteiger charge is -2.32. The Bertz CT molecular complexity index is 855. The van der Waals surface area contributed by atoms with Crippen molar-refractivity contribution in [1.82, 2.24) is 9.78 Å². The molecule has 8 heteroatoms. The standard InChI is InChI=1S/C17H21BN2O5/c1-10(21)20-13-9-11(15(22)23-6)7-8-12(13)14(19-20)18-24-16(2,3)17(4,5)25-18/h7-9H,1-6H3. The number of fused-ring (bicyclic) bond motifs is 1. The number of methoxy groups -OCH3 is 1. The summed E-state index contributed by atoms with van der Waals surface area (Å²) in [4.78, 5) is 23.8. The van der Waals surface area contributed by atoms with Crippen molar-refractivity contribution in [3.63, 3.8) is 0 Å². The van der Waals surface area contributed by atoms with E-state index < -0.39 is 24.3 Å². The van der Waals surface area contributed by atoms with E-state index in [2.05, 4.69) is 5.10 Å². The van der Waals surface area contributed by atoms with Gasteiger partial charge in [-0.15, -0.1) is 0 Å². The van der Waals surface area contributed by atoms with Crippen molar-refractivity contribution in [2.75, 3.05) is 7.11 Å². The lowest BCUT2D eigenvalue weighted by atomic mass is 9.82. The highest BCUT2D eigenvalue weighted by Gasteiger charge is 2.53. The zero-order valence-corrected chi connectivity index (χ0v) is 15.2. The van der Waals surface area contributed by atoms with Gasteiger partial charge in [-0.2, -0.15) is 5.10 Å². The van der Waals surface area contributed by atoms with Crippen molar-refractivity contribution in [3.8, 4) is 0 Å². The Morgan fingerprint density at radius 1 is 1.16 bits per heavy atom. The smallest absolute Gasteiger partial charge is 0.465 e. The van der Waals surface area contributed by atoms with Crippen LogP contribution in [0.25, 0.3) is 10.9 Å². The fourth-order valence-electron chi connectivity index (χ4n) is 2.75. The van der Waals surface area contributed by atoms with Crippen LogP contribution in [0.3, 0.4) is 0 Å². The Morgan fingerprint density at radius 3 is 2.28 bits per heavy atom. The van der Waals surface area contributed by atoms with Crippen molar-refractivity contribution < 1.29 is 23.6 Å². The topological polar surface area (TPSA) is 79.7 Å². The summed E-state index contributed by atoms with van der Waals surface area (Å²) in [5.41, 5.74) is 0.338. The van der Waals surface area contributed by atoms with Crippen LogP contribution in [-0.2, 0) is 14.0 Å². The minimum Gasteiger partial charge on any atom is -0.465 e. The number of aromatic nitrogens is 2. The van der Waals surface area contributed by atoms with E-state index in [1.54, 1.807) is 18.2 Å². The molecule has 0 N–H and O–H groups in total. The Morgan fingerprint density at radius 2 is 1.76 bits per heavy atom. The van der Waals surface area contributed by atoms with Crippen LogP contribution in [0.4, 0.5) is 0 Å². The van der Waals surface area contributed by atoms with Crippen LogP contribution in [0.1, 0.15) is 49.8 Å². The van der Waals surface area contributed by atoms with Gasteiger partial charge in [0.2, 0.25) is 5.91 Å². The zero-order valence-electron chi connectivity index (χ0n) is 15.2. The van der Waals surface area contributed by atoms with E-state index >= 15 is 0 Å². The Kier molecular flexibility index (Phi) is 4.00. The van der Waals surface area contributed by atoms with E-state index in [1.165, 1.54) is 18.7 Å². The van der Waals surface area contributed by atoms with E-state index in [-0.39, 0.29) is 5.91 Å². The Balaban J connectivity index is 2.14. The molecule has 0 amide bonds. The van der Waals surface area contributed by atoms with Gasteiger partial charge in [-0.05, 0) is 39.8 Å². The molecule has 0 unspecified atom stereocenters. The quantitative estimate of drug-likeness (QED) is 0.610. The first-order valence-corrected chi connectivity index (χ1v) is 8.05.